The number of ether oxygens (including phenoxy) is 2. The number of esters is 1. The molecule has 2 aromatic carbocycles. The maximum atomic E-state index is 14.5. The van der Waals surface area contributed by atoms with Crippen LogP contribution in [-0.4, -0.2) is 40.6 Å². The highest BCUT2D eigenvalue weighted by molar-refractivity contribution is 6.32. The summed E-state index contributed by atoms with van der Waals surface area (Å²) >= 11 is 6.28. The van der Waals surface area contributed by atoms with Gasteiger partial charge in [0, 0.05) is 23.1 Å². The van der Waals surface area contributed by atoms with E-state index < -0.39 is 23.9 Å². The molecule has 0 aliphatic carbocycles. The zero-order valence-corrected chi connectivity index (χ0v) is 22.5. The van der Waals surface area contributed by atoms with Crippen molar-refractivity contribution in [2.75, 3.05) is 22.6 Å². The zero-order chi connectivity index (χ0) is 28.5. The molecule has 10 nitrogen and oxygen atoms in total. The molecule has 0 radical (unpaired) electrons. The van der Waals surface area contributed by atoms with E-state index in [2.05, 4.69) is 32.5 Å². The third-order valence-electron chi connectivity index (χ3n) is 5.29. The number of nitrogens with one attached hydrogen (secondary N) is 3. The Labute approximate surface area is 230 Å². The van der Waals surface area contributed by atoms with Gasteiger partial charge in [-0.3, -0.25) is 9.59 Å². The molecule has 2 unspecified atom stereocenters. The first-order valence-corrected chi connectivity index (χ1v) is 12.4. The number of amides is 1. The number of nitrogens with two attached hydrogens (primary N) is 1. The standard InChI is InChI=1S/C27H30ClFN6O4/c1-5-23(36)32-17-7-6-8-18(11-17)33-25-21(29)13-31-27(35-25)34-19-9-10-20(28)22(12-19)39-16(4)14-38-26(37)24(30)15(2)3/h5-13,15-16,24H,1,14,30H2,2-4H3,(H,32,36)(H2,31,33,34,35). The van der Waals surface area contributed by atoms with E-state index in [0.29, 0.717) is 27.8 Å². The Kier molecular flexibility index (Phi) is 10.2. The van der Waals surface area contributed by atoms with Gasteiger partial charge in [-0.15, -0.1) is 0 Å². The van der Waals surface area contributed by atoms with Crippen LogP contribution in [-0.2, 0) is 14.3 Å². The lowest BCUT2D eigenvalue weighted by Crippen LogP contribution is -2.38. The molecule has 0 fully saturated rings. The molecule has 5 N–H and O–H groups in total. The topological polar surface area (TPSA) is 140 Å². The molecule has 0 spiro atoms. The van der Waals surface area contributed by atoms with E-state index in [-0.39, 0.29) is 30.2 Å². The summed E-state index contributed by atoms with van der Waals surface area (Å²) in [5.41, 5.74) is 7.32. The van der Waals surface area contributed by atoms with Crippen LogP contribution in [0.1, 0.15) is 20.8 Å². The second-order valence-electron chi connectivity index (χ2n) is 8.89. The third kappa shape index (κ3) is 8.66. The van der Waals surface area contributed by atoms with E-state index in [4.69, 9.17) is 26.8 Å². The smallest absolute Gasteiger partial charge is 0.323 e. The highest BCUT2D eigenvalue weighted by Crippen LogP contribution is 2.30. The lowest BCUT2D eigenvalue weighted by atomic mass is 10.1. The minimum absolute atomic E-state index is 0.0121. The van der Waals surface area contributed by atoms with Crippen molar-refractivity contribution in [1.29, 1.82) is 0 Å². The number of hydrogen-bond donors (Lipinski definition) is 4. The average Bonchev–Trinajstić information content (AvgIpc) is 2.90. The fraction of sp³-hybridized carbons (Fsp3) is 0.259. The number of anilines is 5. The van der Waals surface area contributed by atoms with Gasteiger partial charge in [0.15, 0.2) is 11.6 Å². The Balaban J connectivity index is 1.68. The number of aromatic nitrogens is 2. The molecule has 0 aliphatic rings. The van der Waals surface area contributed by atoms with E-state index in [9.17, 15) is 14.0 Å². The van der Waals surface area contributed by atoms with Crippen LogP contribution < -0.4 is 26.4 Å². The van der Waals surface area contributed by atoms with Crippen molar-refractivity contribution < 1.29 is 23.5 Å². The van der Waals surface area contributed by atoms with Gasteiger partial charge in [0.1, 0.15) is 24.5 Å². The number of benzene rings is 2. The largest absolute Gasteiger partial charge is 0.486 e. The third-order valence-corrected chi connectivity index (χ3v) is 5.60. The predicted molar refractivity (Wildman–Crippen MR) is 149 cm³/mol. The van der Waals surface area contributed by atoms with Crippen molar-refractivity contribution >= 4 is 52.3 Å². The molecule has 1 heterocycles. The molecule has 0 saturated carbocycles. The second kappa shape index (κ2) is 13.5. The van der Waals surface area contributed by atoms with Crippen LogP contribution in [0.3, 0.4) is 0 Å². The van der Waals surface area contributed by atoms with Crippen molar-refractivity contribution in [3.8, 4) is 5.75 Å². The summed E-state index contributed by atoms with van der Waals surface area (Å²) in [6, 6.07) is 10.9. The molecule has 206 valence electrons. The Hall–Kier alpha value is -4.22. The van der Waals surface area contributed by atoms with E-state index in [1.807, 2.05) is 13.8 Å². The Morgan fingerprint density at radius 3 is 2.56 bits per heavy atom. The molecule has 0 saturated heterocycles. The number of halogens is 2. The van der Waals surface area contributed by atoms with Crippen LogP contribution in [0.4, 0.5) is 33.2 Å². The van der Waals surface area contributed by atoms with Crippen molar-refractivity contribution in [1.82, 2.24) is 9.97 Å². The van der Waals surface area contributed by atoms with Crippen LogP contribution in [0.5, 0.6) is 5.75 Å². The molecule has 39 heavy (non-hydrogen) atoms. The van der Waals surface area contributed by atoms with Gasteiger partial charge in [0.25, 0.3) is 0 Å². The molecule has 3 aromatic rings. The summed E-state index contributed by atoms with van der Waals surface area (Å²) in [5, 5.41) is 8.83. The summed E-state index contributed by atoms with van der Waals surface area (Å²) in [6.45, 7) is 8.79. The van der Waals surface area contributed by atoms with Gasteiger partial charge in [-0.1, -0.05) is 38.1 Å². The van der Waals surface area contributed by atoms with E-state index in [1.165, 1.54) is 0 Å². The van der Waals surface area contributed by atoms with Crippen molar-refractivity contribution in [3.63, 3.8) is 0 Å². The predicted octanol–water partition coefficient (Wildman–Crippen LogP) is 5.17. The fourth-order valence-corrected chi connectivity index (χ4v) is 3.30. The highest BCUT2D eigenvalue weighted by Gasteiger charge is 2.20. The van der Waals surface area contributed by atoms with Crippen molar-refractivity contribution in [2.45, 2.75) is 32.9 Å². The first-order chi connectivity index (χ1) is 18.5. The molecule has 2 atom stereocenters. The van der Waals surface area contributed by atoms with Gasteiger partial charge >= 0.3 is 5.97 Å². The molecule has 0 bridgehead atoms. The van der Waals surface area contributed by atoms with Gasteiger partial charge in [-0.2, -0.15) is 4.98 Å². The minimum atomic E-state index is -0.717. The maximum absolute atomic E-state index is 14.5. The lowest BCUT2D eigenvalue weighted by Gasteiger charge is -2.19. The molecular formula is C27H30ClFN6O4. The summed E-state index contributed by atoms with van der Waals surface area (Å²) in [4.78, 5) is 31.7. The average molecular weight is 557 g/mol. The van der Waals surface area contributed by atoms with Gasteiger partial charge in [-0.25, -0.2) is 9.37 Å². The molecular weight excluding hydrogens is 527 g/mol. The van der Waals surface area contributed by atoms with Crippen LogP contribution in [0.15, 0.2) is 61.3 Å². The summed E-state index contributed by atoms with van der Waals surface area (Å²) in [6.07, 6.45) is 1.66. The van der Waals surface area contributed by atoms with Crippen LogP contribution >= 0.6 is 11.6 Å². The molecule has 0 aliphatic heterocycles. The van der Waals surface area contributed by atoms with Crippen molar-refractivity contribution in [3.05, 3.63) is 72.2 Å². The minimum Gasteiger partial charge on any atom is -0.486 e. The fourth-order valence-electron chi connectivity index (χ4n) is 3.14. The zero-order valence-electron chi connectivity index (χ0n) is 21.7. The van der Waals surface area contributed by atoms with Gasteiger partial charge in [0.2, 0.25) is 11.9 Å². The SMILES string of the molecule is C=CC(=O)Nc1cccc(Nc2nc(Nc3ccc(Cl)c(OC(C)COC(=O)C(N)C(C)C)c3)ncc2F)c1. The lowest BCUT2D eigenvalue weighted by molar-refractivity contribution is -0.148. The van der Waals surface area contributed by atoms with Crippen LogP contribution in [0.25, 0.3) is 0 Å². The first-order valence-electron chi connectivity index (χ1n) is 12.0. The van der Waals surface area contributed by atoms with Crippen LogP contribution in [0.2, 0.25) is 5.02 Å². The Morgan fingerprint density at radius 1 is 1.13 bits per heavy atom. The van der Waals surface area contributed by atoms with Crippen molar-refractivity contribution in [2.24, 2.45) is 11.7 Å². The van der Waals surface area contributed by atoms with E-state index >= 15 is 0 Å². The summed E-state index contributed by atoms with van der Waals surface area (Å²) in [7, 11) is 0. The summed E-state index contributed by atoms with van der Waals surface area (Å²) < 4.78 is 25.5. The van der Waals surface area contributed by atoms with E-state index in [1.54, 1.807) is 49.4 Å². The molecule has 12 heteroatoms. The normalized spacial score (nSPS) is 12.3. The Morgan fingerprint density at radius 2 is 1.85 bits per heavy atom. The van der Waals surface area contributed by atoms with Gasteiger partial charge in [-0.05, 0) is 49.2 Å². The monoisotopic (exact) mass is 556 g/mol. The molecule has 3 rings (SSSR count). The maximum Gasteiger partial charge on any atom is 0.323 e. The second-order valence-corrected chi connectivity index (χ2v) is 9.30. The first kappa shape index (κ1) is 29.3. The molecule has 1 aromatic heterocycles. The van der Waals surface area contributed by atoms with Gasteiger partial charge in [0.05, 0.1) is 11.2 Å². The number of rotatable bonds is 12. The molecule has 1 amide bonds. The highest BCUT2D eigenvalue weighted by atomic mass is 35.5. The Bertz CT molecular complexity index is 1340. The van der Waals surface area contributed by atoms with Crippen LogP contribution in [0, 0.1) is 11.7 Å². The number of carbonyl (C=O) groups excluding carboxylic acids is 2. The number of hydrogen-bond acceptors (Lipinski definition) is 9. The summed E-state index contributed by atoms with van der Waals surface area (Å²) in [5.74, 6) is -1.26. The van der Waals surface area contributed by atoms with E-state index in [0.717, 1.165) is 12.3 Å². The van der Waals surface area contributed by atoms with Gasteiger partial charge < -0.3 is 31.2 Å². The number of nitrogens with zero attached hydrogens (tertiary/aromatic N) is 2. The quantitative estimate of drug-likeness (QED) is 0.175. The number of carbonyl (C=O) groups is 2.